The number of carbonyl (C=O) groups excluding carboxylic acids is 1. The number of carboxylic acid groups (broad SMARTS) is 1. The van der Waals surface area contributed by atoms with Crippen molar-refractivity contribution in [2.24, 2.45) is 0 Å². The Morgan fingerprint density at radius 3 is 2.12 bits per heavy atom. The summed E-state index contributed by atoms with van der Waals surface area (Å²) < 4.78 is 42.6. The third-order valence-electron chi connectivity index (χ3n) is 9.45. The van der Waals surface area contributed by atoms with Crippen molar-refractivity contribution in [3.05, 3.63) is 137 Å². The van der Waals surface area contributed by atoms with Crippen LogP contribution in [0.5, 0.6) is 5.88 Å². The number of ether oxygens (including phenoxy) is 2. The number of rotatable bonds is 12. The Balaban J connectivity index is 0.00000620. The molecule has 2 atom stereocenters. The minimum atomic E-state index is -4.34. The molecular weight excluding hydrogens is 766 g/mol. The summed E-state index contributed by atoms with van der Waals surface area (Å²) in [4.78, 5) is 38.2. The third-order valence-corrected chi connectivity index (χ3v) is 10.8. The molecule has 0 bridgehead atoms. The molecule has 1 saturated heterocycles. The molecule has 4 aromatic carbocycles. The molecule has 1 aromatic heterocycles. The van der Waals surface area contributed by atoms with Crippen LogP contribution in [0.25, 0.3) is 11.3 Å². The molecule has 2 N–H and O–H groups in total. The maximum Gasteiger partial charge on any atom is 0.410 e. The minimum absolute atomic E-state index is 0. The van der Waals surface area contributed by atoms with Gasteiger partial charge in [-0.15, -0.1) is 12.4 Å². The fraction of sp³-hybridized carbons (Fsp3) is 0.302. The van der Waals surface area contributed by atoms with Gasteiger partial charge in [0.05, 0.1) is 22.2 Å². The molecule has 12 nitrogen and oxygen atoms in total. The van der Waals surface area contributed by atoms with Crippen molar-refractivity contribution in [1.82, 2.24) is 19.8 Å². The summed E-state index contributed by atoms with van der Waals surface area (Å²) in [5, 5.41) is 9.52. The lowest BCUT2D eigenvalue weighted by Gasteiger charge is -2.44. The average molecular weight is 814 g/mol. The Morgan fingerprint density at radius 1 is 0.860 bits per heavy atom. The molecule has 6 rings (SSSR count). The van der Waals surface area contributed by atoms with Gasteiger partial charge in [0, 0.05) is 44.2 Å². The first-order valence-corrected chi connectivity index (χ1v) is 19.9. The van der Waals surface area contributed by atoms with E-state index < -0.39 is 33.8 Å². The Kier molecular flexibility index (Phi) is 13.6. The number of aryl methyl sites for hydroxylation is 2. The first kappa shape index (κ1) is 42.6. The molecular formula is C43H48ClN5O7S. The van der Waals surface area contributed by atoms with Gasteiger partial charge in [-0.3, -0.25) is 4.90 Å². The molecule has 1 fully saturated rings. The molecule has 0 aliphatic carbocycles. The van der Waals surface area contributed by atoms with Crippen LogP contribution in [0.4, 0.5) is 10.7 Å². The zero-order chi connectivity index (χ0) is 40.0. The first-order valence-electron chi connectivity index (χ1n) is 18.4. The van der Waals surface area contributed by atoms with E-state index >= 15 is 0 Å². The number of aromatic nitrogens is 2. The van der Waals surface area contributed by atoms with E-state index in [-0.39, 0.29) is 40.7 Å². The van der Waals surface area contributed by atoms with Gasteiger partial charge in [-0.05, 0) is 75.1 Å². The number of nitrogens with one attached hydrogen (secondary N) is 1. The van der Waals surface area contributed by atoms with Crippen LogP contribution in [0.2, 0.25) is 0 Å². The fourth-order valence-corrected chi connectivity index (χ4v) is 7.81. The van der Waals surface area contributed by atoms with Crippen molar-refractivity contribution in [3.63, 3.8) is 0 Å². The number of hydrogen-bond donors (Lipinski definition) is 2. The number of sulfonamides is 1. The smallest absolute Gasteiger partial charge is 0.410 e. The number of carbonyl (C=O) groups is 2. The van der Waals surface area contributed by atoms with Crippen LogP contribution >= 0.6 is 12.4 Å². The second-order valence-corrected chi connectivity index (χ2v) is 16.6. The van der Waals surface area contributed by atoms with Gasteiger partial charge in [0.1, 0.15) is 11.7 Å². The zero-order valence-corrected chi connectivity index (χ0v) is 34.2. The largest absolute Gasteiger partial charge is 0.478 e. The lowest BCUT2D eigenvalue weighted by molar-refractivity contribution is -0.0217. The van der Waals surface area contributed by atoms with E-state index in [9.17, 15) is 23.1 Å². The normalized spacial score (nSPS) is 15.2. The average Bonchev–Trinajstić information content (AvgIpc) is 3.14. The highest BCUT2D eigenvalue weighted by Gasteiger charge is 2.38. The summed E-state index contributed by atoms with van der Waals surface area (Å²) >= 11 is 0. The molecule has 1 amide bonds. The maximum atomic E-state index is 13.7. The topological polar surface area (TPSA) is 151 Å². The summed E-state index contributed by atoms with van der Waals surface area (Å²) in [7, 11) is -4.34. The molecule has 300 valence electrons. The monoisotopic (exact) mass is 813 g/mol. The van der Waals surface area contributed by atoms with Crippen LogP contribution < -0.4 is 9.46 Å². The highest BCUT2D eigenvalue weighted by atomic mass is 35.5. The number of hydrogen-bond acceptors (Lipinski definition) is 9. The Bertz CT molecular complexity index is 2270. The maximum absolute atomic E-state index is 13.7. The Morgan fingerprint density at radius 2 is 1.49 bits per heavy atom. The van der Waals surface area contributed by atoms with Crippen molar-refractivity contribution in [2.45, 2.75) is 70.2 Å². The standard InChI is InChI=1S/C43H47N5O7S.ClH/c1-29-14-12-15-30(2)39(29)35-26-38(45-41(44-35)46-56(52,53)34-21-13-20-33(25-34)40(49)50)54-37(24-31-16-8-6-9-17-31)36-28-48(42(51)55-43(3,4)5)23-22-47(36)27-32-18-10-7-11-19-32;/h6-21,25-26,36-37H,22-24,27-28H2,1-5H3,(H,49,50)(H,44,45,46);1H. The second-order valence-electron chi connectivity index (χ2n) is 14.9. The summed E-state index contributed by atoms with van der Waals surface area (Å²) in [6.45, 7) is 11.3. The molecule has 57 heavy (non-hydrogen) atoms. The highest BCUT2D eigenvalue weighted by molar-refractivity contribution is 7.92. The minimum Gasteiger partial charge on any atom is -0.478 e. The van der Waals surface area contributed by atoms with Crippen LogP contribution in [-0.2, 0) is 27.7 Å². The van der Waals surface area contributed by atoms with E-state index in [2.05, 4.69) is 31.7 Å². The van der Waals surface area contributed by atoms with Crippen LogP contribution in [0.3, 0.4) is 0 Å². The first-order chi connectivity index (χ1) is 26.6. The molecule has 0 saturated carbocycles. The predicted molar refractivity (Wildman–Crippen MR) is 221 cm³/mol. The van der Waals surface area contributed by atoms with E-state index in [0.29, 0.717) is 38.3 Å². The predicted octanol–water partition coefficient (Wildman–Crippen LogP) is 7.79. The summed E-state index contributed by atoms with van der Waals surface area (Å²) in [6, 6.07) is 32.2. The number of halogens is 1. The second kappa shape index (κ2) is 18.2. The molecule has 0 spiro atoms. The molecule has 5 aromatic rings. The summed E-state index contributed by atoms with van der Waals surface area (Å²) in [5.74, 6) is -1.39. The fourth-order valence-electron chi connectivity index (χ4n) is 6.82. The van der Waals surface area contributed by atoms with Gasteiger partial charge in [-0.1, -0.05) is 84.9 Å². The lowest BCUT2D eigenvalue weighted by atomic mass is 9.97. The number of aromatic carboxylic acids is 1. The Labute approximate surface area is 340 Å². The van der Waals surface area contributed by atoms with Gasteiger partial charge in [0.15, 0.2) is 0 Å². The number of nitrogens with zero attached hydrogens (tertiary/aromatic N) is 4. The van der Waals surface area contributed by atoms with Gasteiger partial charge in [-0.2, -0.15) is 4.98 Å². The van der Waals surface area contributed by atoms with Crippen molar-refractivity contribution in [2.75, 3.05) is 24.4 Å². The van der Waals surface area contributed by atoms with E-state index in [4.69, 9.17) is 9.47 Å². The van der Waals surface area contributed by atoms with Crippen molar-refractivity contribution in [1.29, 1.82) is 0 Å². The van der Waals surface area contributed by atoms with E-state index in [1.54, 1.807) is 11.0 Å². The van der Waals surface area contributed by atoms with Gasteiger partial charge in [0.25, 0.3) is 10.0 Å². The van der Waals surface area contributed by atoms with E-state index in [1.165, 1.54) is 18.2 Å². The molecule has 1 aliphatic rings. The molecule has 2 unspecified atom stereocenters. The number of amides is 1. The molecule has 2 heterocycles. The van der Waals surface area contributed by atoms with Gasteiger partial charge in [-0.25, -0.2) is 27.7 Å². The summed E-state index contributed by atoms with van der Waals surface area (Å²) in [6.07, 6.45) is -0.572. The lowest BCUT2D eigenvalue weighted by Crippen LogP contribution is -2.60. The van der Waals surface area contributed by atoms with E-state index in [1.807, 2.05) is 101 Å². The summed E-state index contributed by atoms with van der Waals surface area (Å²) in [5.41, 5.74) is 4.27. The van der Waals surface area contributed by atoms with Crippen molar-refractivity contribution in [3.8, 4) is 17.1 Å². The molecule has 1 aliphatic heterocycles. The molecule has 0 radical (unpaired) electrons. The van der Waals surface area contributed by atoms with Crippen LogP contribution in [0.15, 0.2) is 114 Å². The van der Waals surface area contributed by atoms with Gasteiger partial charge < -0.3 is 19.5 Å². The number of benzene rings is 4. The van der Waals surface area contributed by atoms with Crippen LogP contribution in [0, 0.1) is 13.8 Å². The van der Waals surface area contributed by atoms with Gasteiger partial charge >= 0.3 is 12.1 Å². The third kappa shape index (κ3) is 11.1. The van der Waals surface area contributed by atoms with Crippen LogP contribution in [0.1, 0.15) is 53.4 Å². The zero-order valence-electron chi connectivity index (χ0n) is 32.6. The highest BCUT2D eigenvalue weighted by Crippen LogP contribution is 2.31. The van der Waals surface area contributed by atoms with Gasteiger partial charge in [0.2, 0.25) is 11.8 Å². The number of carboxylic acids is 1. The van der Waals surface area contributed by atoms with Crippen LogP contribution in [-0.4, -0.2) is 82.7 Å². The molecule has 14 heteroatoms. The van der Waals surface area contributed by atoms with Crippen molar-refractivity contribution < 1.29 is 32.6 Å². The number of anilines is 1. The van der Waals surface area contributed by atoms with Crippen molar-refractivity contribution >= 4 is 40.4 Å². The quantitative estimate of drug-likeness (QED) is 0.128. The van der Waals surface area contributed by atoms with E-state index in [0.717, 1.165) is 33.9 Å². The Hall–Kier alpha value is -5.50. The SMILES string of the molecule is Cc1cccc(C)c1-c1cc(OC(Cc2ccccc2)C2CN(C(=O)OC(C)(C)C)CCN2Cc2ccccc2)nc(NS(=O)(=O)c2cccc(C(=O)O)c2)n1.Cl. The number of piperazine rings is 1.